The summed E-state index contributed by atoms with van der Waals surface area (Å²) < 4.78 is 14.0. The molecule has 0 aromatic carbocycles. The number of alkyl halides is 1. The number of rotatable bonds is 4. The van der Waals surface area contributed by atoms with Gasteiger partial charge in [0.25, 0.3) is 0 Å². The van der Waals surface area contributed by atoms with E-state index in [-0.39, 0.29) is 5.92 Å². The lowest BCUT2D eigenvalue weighted by Crippen LogP contribution is -2.35. The summed E-state index contributed by atoms with van der Waals surface area (Å²) in [5.41, 5.74) is 4.51. The van der Waals surface area contributed by atoms with Crippen LogP contribution in [0.5, 0.6) is 0 Å². The zero-order valence-electron chi connectivity index (χ0n) is 9.56. The third kappa shape index (κ3) is 3.23. The molecule has 0 radical (unpaired) electrons. The van der Waals surface area contributed by atoms with Crippen LogP contribution in [0.25, 0.3) is 0 Å². The minimum atomic E-state index is -1.05. The molecule has 0 amide bonds. The van der Waals surface area contributed by atoms with Crippen molar-refractivity contribution in [1.82, 2.24) is 0 Å². The summed E-state index contributed by atoms with van der Waals surface area (Å²) in [6, 6.07) is 0. The molecule has 0 heterocycles. The molecule has 1 saturated carbocycles. The number of halogens is 1. The van der Waals surface area contributed by atoms with E-state index in [0.29, 0.717) is 12.5 Å². The van der Waals surface area contributed by atoms with E-state index in [9.17, 15) is 4.39 Å². The van der Waals surface area contributed by atoms with Gasteiger partial charge in [-0.25, -0.2) is 4.39 Å². The third-order valence-electron chi connectivity index (χ3n) is 3.58. The second-order valence-electron chi connectivity index (χ2n) is 5.15. The van der Waals surface area contributed by atoms with Gasteiger partial charge in [-0.05, 0) is 38.6 Å². The van der Waals surface area contributed by atoms with Crippen LogP contribution in [0.15, 0.2) is 0 Å². The highest BCUT2D eigenvalue weighted by molar-refractivity contribution is 4.85. The lowest BCUT2D eigenvalue weighted by molar-refractivity contribution is 0.0570. The van der Waals surface area contributed by atoms with E-state index < -0.39 is 5.67 Å². The molecule has 1 aliphatic carbocycles. The maximum absolute atomic E-state index is 14.0. The van der Waals surface area contributed by atoms with Gasteiger partial charge in [0.05, 0.1) is 0 Å². The van der Waals surface area contributed by atoms with Crippen LogP contribution in [0, 0.1) is 11.8 Å². The zero-order chi connectivity index (χ0) is 10.6. The Labute approximate surface area is 87.3 Å². The van der Waals surface area contributed by atoms with E-state index in [1.54, 1.807) is 13.8 Å². The van der Waals surface area contributed by atoms with E-state index >= 15 is 0 Å². The fourth-order valence-corrected chi connectivity index (χ4v) is 2.86. The van der Waals surface area contributed by atoms with Crippen molar-refractivity contribution in [2.75, 3.05) is 6.54 Å². The minimum Gasteiger partial charge on any atom is -0.330 e. The molecule has 0 spiro atoms. The number of nitrogens with two attached hydrogens (primary N) is 1. The van der Waals surface area contributed by atoms with Crippen molar-refractivity contribution in [2.45, 2.75) is 58.0 Å². The molecule has 0 bridgehead atoms. The Morgan fingerprint density at radius 2 is 1.86 bits per heavy atom. The molecule has 14 heavy (non-hydrogen) atoms. The standard InChI is InChI=1S/C12H24FN/c1-12(2,13)11(8-9-14)10-6-4-3-5-7-10/h10-11H,3-9,14H2,1-2H3. The van der Waals surface area contributed by atoms with Gasteiger partial charge >= 0.3 is 0 Å². The van der Waals surface area contributed by atoms with Crippen LogP contribution in [0.2, 0.25) is 0 Å². The topological polar surface area (TPSA) is 26.0 Å². The molecule has 1 fully saturated rings. The lowest BCUT2D eigenvalue weighted by Gasteiger charge is -2.36. The average molecular weight is 201 g/mol. The second-order valence-corrected chi connectivity index (χ2v) is 5.15. The highest BCUT2D eigenvalue weighted by Gasteiger charge is 2.35. The summed E-state index contributed by atoms with van der Waals surface area (Å²) in [5.74, 6) is 0.750. The van der Waals surface area contributed by atoms with Crippen LogP contribution in [-0.2, 0) is 0 Å². The number of hydrogen-bond acceptors (Lipinski definition) is 1. The monoisotopic (exact) mass is 201 g/mol. The fourth-order valence-electron chi connectivity index (χ4n) is 2.86. The smallest absolute Gasteiger partial charge is 0.108 e. The van der Waals surface area contributed by atoms with Crippen molar-refractivity contribution in [3.05, 3.63) is 0 Å². The second kappa shape index (κ2) is 5.11. The Morgan fingerprint density at radius 3 is 2.29 bits per heavy atom. The summed E-state index contributed by atoms with van der Waals surface area (Å²) in [4.78, 5) is 0. The molecule has 0 saturated heterocycles. The SMILES string of the molecule is CC(C)(F)C(CCN)C1CCCCC1. The van der Waals surface area contributed by atoms with Crippen molar-refractivity contribution in [3.8, 4) is 0 Å². The largest absolute Gasteiger partial charge is 0.330 e. The molecular formula is C12H24FN. The Hall–Kier alpha value is -0.110. The molecule has 0 aliphatic heterocycles. The molecular weight excluding hydrogens is 177 g/mol. The first kappa shape index (κ1) is 12.0. The predicted octanol–water partition coefficient (Wildman–Crippen LogP) is 3.28. The first-order chi connectivity index (χ1) is 6.55. The van der Waals surface area contributed by atoms with Gasteiger partial charge in [-0.1, -0.05) is 32.1 Å². The third-order valence-corrected chi connectivity index (χ3v) is 3.58. The molecule has 1 aliphatic rings. The molecule has 0 aromatic heterocycles. The van der Waals surface area contributed by atoms with Crippen molar-refractivity contribution >= 4 is 0 Å². The summed E-state index contributed by atoms with van der Waals surface area (Å²) in [5, 5.41) is 0. The Morgan fingerprint density at radius 1 is 1.29 bits per heavy atom. The molecule has 1 atom stereocenters. The highest BCUT2D eigenvalue weighted by Crippen LogP contribution is 2.39. The molecule has 0 aromatic rings. The van der Waals surface area contributed by atoms with E-state index in [2.05, 4.69) is 0 Å². The van der Waals surface area contributed by atoms with E-state index in [1.165, 1.54) is 32.1 Å². The van der Waals surface area contributed by atoms with Crippen LogP contribution in [-0.4, -0.2) is 12.2 Å². The fraction of sp³-hybridized carbons (Fsp3) is 1.00. The van der Waals surface area contributed by atoms with Crippen LogP contribution in [0.4, 0.5) is 4.39 Å². The quantitative estimate of drug-likeness (QED) is 0.742. The summed E-state index contributed by atoms with van der Waals surface area (Å²) >= 11 is 0. The highest BCUT2D eigenvalue weighted by atomic mass is 19.1. The molecule has 1 unspecified atom stereocenters. The van der Waals surface area contributed by atoms with Gasteiger partial charge in [0.1, 0.15) is 5.67 Å². The Bertz CT molecular complexity index is 156. The van der Waals surface area contributed by atoms with Crippen molar-refractivity contribution < 1.29 is 4.39 Å². The first-order valence-electron chi connectivity index (χ1n) is 5.94. The van der Waals surface area contributed by atoms with E-state index in [4.69, 9.17) is 5.73 Å². The molecule has 84 valence electrons. The van der Waals surface area contributed by atoms with Crippen LogP contribution >= 0.6 is 0 Å². The predicted molar refractivity (Wildman–Crippen MR) is 58.9 cm³/mol. The number of hydrogen-bond donors (Lipinski definition) is 1. The summed E-state index contributed by atoms with van der Waals surface area (Å²) in [6.45, 7) is 4.04. The van der Waals surface area contributed by atoms with Gasteiger partial charge in [0.2, 0.25) is 0 Å². The summed E-state index contributed by atoms with van der Waals surface area (Å²) in [7, 11) is 0. The zero-order valence-corrected chi connectivity index (χ0v) is 9.56. The van der Waals surface area contributed by atoms with Crippen LogP contribution < -0.4 is 5.73 Å². The molecule has 2 heteroatoms. The maximum Gasteiger partial charge on any atom is 0.108 e. The van der Waals surface area contributed by atoms with E-state index in [1.807, 2.05) is 0 Å². The maximum atomic E-state index is 14.0. The van der Waals surface area contributed by atoms with Gasteiger partial charge in [-0.2, -0.15) is 0 Å². The lowest BCUT2D eigenvalue weighted by atomic mass is 9.72. The average Bonchev–Trinajstić information content (AvgIpc) is 2.14. The van der Waals surface area contributed by atoms with Gasteiger partial charge < -0.3 is 5.73 Å². The normalized spacial score (nSPS) is 22.3. The minimum absolute atomic E-state index is 0.174. The Kier molecular flexibility index (Phi) is 4.36. The van der Waals surface area contributed by atoms with Crippen LogP contribution in [0.3, 0.4) is 0 Å². The molecule has 1 nitrogen and oxygen atoms in total. The van der Waals surface area contributed by atoms with Crippen molar-refractivity contribution in [2.24, 2.45) is 17.6 Å². The van der Waals surface area contributed by atoms with Crippen LogP contribution in [0.1, 0.15) is 52.4 Å². The first-order valence-corrected chi connectivity index (χ1v) is 5.94. The van der Waals surface area contributed by atoms with Gasteiger partial charge in [0, 0.05) is 0 Å². The van der Waals surface area contributed by atoms with Crippen molar-refractivity contribution in [1.29, 1.82) is 0 Å². The van der Waals surface area contributed by atoms with E-state index in [0.717, 1.165) is 6.42 Å². The van der Waals surface area contributed by atoms with Gasteiger partial charge in [-0.3, -0.25) is 0 Å². The van der Waals surface area contributed by atoms with Crippen molar-refractivity contribution in [3.63, 3.8) is 0 Å². The van der Waals surface area contributed by atoms with Gasteiger partial charge in [-0.15, -0.1) is 0 Å². The van der Waals surface area contributed by atoms with Gasteiger partial charge in [0.15, 0.2) is 0 Å². The summed E-state index contributed by atoms with van der Waals surface area (Å²) in [6.07, 6.45) is 7.15. The molecule has 1 rings (SSSR count). The molecule has 2 N–H and O–H groups in total. The Balaban J connectivity index is 2.56.